The van der Waals surface area contributed by atoms with Crippen LogP contribution in [0, 0.1) is 0 Å². The number of rotatable bonds is 0. The Morgan fingerprint density at radius 2 is 2.06 bits per heavy atom. The van der Waals surface area contributed by atoms with E-state index >= 15 is 0 Å². The third-order valence-electron chi connectivity index (χ3n) is 3.70. The normalized spacial score (nSPS) is 30.4. The molecule has 3 rings (SSSR count). The van der Waals surface area contributed by atoms with Crippen LogP contribution >= 0.6 is 35.6 Å². The number of nitrogens with one attached hydrogen (secondary N) is 1. The SMILES string of the molecule is C[C@]12CNC[C@H]1c1c(Cl)ccc(Cl)c1CO2.Cl. The Morgan fingerprint density at radius 3 is 2.82 bits per heavy atom. The first-order valence-corrected chi connectivity index (χ1v) is 6.19. The van der Waals surface area contributed by atoms with Crippen molar-refractivity contribution in [2.75, 3.05) is 13.1 Å². The molecule has 0 amide bonds. The highest BCUT2D eigenvalue weighted by Gasteiger charge is 2.45. The van der Waals surface area contributed by atoms with Gasteiger partial charge in [-0.1, -0.05) is 23.2 Å². The third kappa shape index (κ3) is 1.96. The zero-order chi connectivity index (χ0) is 11.3. The number of hydrogen-bond donors (Lipinski definition) is 1. The Kier molecular flexibility index (Phi) is 3.64. The molecule has 94 valence electrons. The summed E-state index contributed by atoms with van der Waals surface area (Å²) in [6, 6.07) is 3.73. The Hall–Kier alpha value is 0.01000. The van der Waals surface area contributed by atoms with E-state index in [2.05, 4.69) is 12.2 Å². The van der Waals surface area contributed by atoms with Gasteiger partial charge in [-0.05, 0) is 24.6 Å². The van der Waals surface area contributed by atoms with Crippen LogP contribution in [0.2, 0.25) is 10.0 Å². The van der Waals surface area contributed by atoms with Crippen LogP contribution in [0.15, 0.2) is 12.1 Å². The molecule has 0 aliphatic carbocycles. The molecule has 1 saturated heterocycles. The van der Waals surface area contributed by atoms with Gasteiger partial charge in [0.05, 0.1) is 12.2 Å². The second kappa shape index (κ2) is 4.60. The molecule has 0 radical (unpaired) electrons. The average Bonchev–Trinajstić information content (AvgIpc) is 2.64. The minimum absolute atomic E-state index is 0. The summed E-state index contributed by atoms with van der Waals surface area (Å²) >= 11 is 12.5. The molecule has 0 saturated carbocycles. The molecular weight excluding hydrogens is 280 g/mol. The van der Waals surface area contributed by atoms with Crippen LogP contribution in [-0.2, 0) is 11.3 Å². The molecule has 1 fully saturated rings. The quantitative estimate of drug-likeness (QED) is 0.792. The second-order valence-corrected chi connectivity index (χ2v) is 5.52. The summed E-state index contributed by atoms with van der Waals surface area (Å²) in [7, 11) is 0. The predicted molar refractivity (Wildman–Crippen MR) is 72.5 cm³/mol. The Labute approximate surface area is 117 Å². The first-order valence-electron chi connectivity index (χ1n) is 5.43. The predicted octanol–water partition coefficient (Wildman–Crippen LogP) is 3.39. The Morgan fingerprint density at radius 1 is 1.35 bits per heavy atom. The van der Waals surface area contributed by atoms with Crippen molar-refractivity contribution < 1.29 is 4.74 Å². The van der Waals surface area contributed by atoms with Crippen LogP contribution < -0.4 is 5.32 Å². The number of fused-ring (bicyclic) bond motifs is 3. The zero-order valence-corrected chi connectivity index (χ0v) is 11.8. The Balaban J connectivity index is 0.00000108. The number of halogens is 3. The molecule has 17 heavy (non-hydrogen) atoms. The van der Waals surface area contributed by atoms with Gasteiger partial charge >= 0.3 is 0 Å². The molecule has 0 bridgehead atoms. The number of benzene rings is 1. The van der Waals surface area contributed by atoms with E-state index in [1.54, 1.807) is 0 Å². The lowest BCUT2D eigenvalue weighted by atomic mass is 9.81. The topological polar surface area (TPSA) is 21.3 Å². The van der Waals surface area contributed by atoms with E-state index in [1.807, 2.05) is 12.1 Å². The highest BCUT2D eigenvalue weighted by Crippen LogP contribution is 2.45. The van der Waals surface area contributed by atoms with Crippen molar-refractivity contribution in [1.29, 1.82) is 0 Å². The van der Waals surface area contributed by atoms with Crippen molar-refractivity contribution in [3.63, 3.8) is 0 Å². The molecule has 2 aliphatic rings. The smallest absolute Gasteiger partial charge is 0.0863 e. The van der Waals surface area contributed by atoms with Crippen LogP contribution in [0.1, 0.15) is 24.0 Å². The maximum absolute atomic E-state index is 6.30. The number of hydrogen-bond acceptors (Lipinski definition) is 2. The zero-order valence-electron chi connectivity index (χ0n) is 9.43. The molecule has 1 aromatic rings. The standard InChI is InChI=1S/C12H13Cl2NO.ClH/c1-12-6-15-4-8(12)11-7(5-16-12)9(13)2-3-10(11)14;/h2-3,8,15H,4-6H2,1H3;1H/t8-,12-;/m0./s1. The summed E-state index contributed by atoms with van der Waals surface area (Å²) in [4.78, 5) is 0. The second-order valence-electron chi connectivity index (χ2n) is 4.71. The highest BCUT2D eigenvalue weighted by molar-refractivity contribution is 6.34. The fourth-order valence-electron chi connectivity index (χ4n) is 2.73. The lowest BCUT2D eigenvalue weighted by Gasteiger charge is -2.37. The van der Waals surface area contributed by atoms with Gasteiger partial charge in [-0.2, -0.15) is 0 Å². The molecule has 2 heterocycles. The van der Waals surface area contributed by atoms with E-state index in [0.717, 1.165) is 28.7 Å². The lowest BCUT2D eigenvalue weighted by Crippen LogP contribution is -2.40. The molecule has 1 N–H and O–H groups in total. The van der Waals surface area contributed by atoms with Crippen molar-refractivity contribution in [2.45, 2.75) is 25.0 Å². The van der Waals surface area contributed by atoms with Gasteiger partial charge in [0.1, 0.15) is 0 Å². The first-order chi connectivity index (χ1) is 7.62. The summed E-state index contributed by atoms with van der Waals surface area (Å²) in [5.74, 6) is 0.308. The maximum Gasteiger partial charge on any atom is 0.0863 e. The minimum Gasteiger partial charge on any atom is -0.369 e. The van der Waals surface area contributed by atoms with Gasteiger partial charge in [-0.3, -0.25) is 0 Å². The van der Waals surface area contributed by atoms with Gasteiger partial charge in [0, 0.05) is 34.6 Å². The summed E-state index contributed by atoms with van der Waals surface area (Å²) in [6.07, 6.45) is 0. The molecule has 2 atom stereocenters. The monoisotopic (exact) mass is 293 g/mol. The molecule has 0 unspecified atom stereocenters. The van der Waals surface area contributed by atoms with Crippen molar-refractivity contribution in [2.24, 2.45) is 0 Å². The lowest BCUT2D eigenvalue weighted by molar-refractivity contribution is -0.0516. The van der Waals surface area contributed by atoms with Crippen LogP contribution in [-0.4, -0.2) is 18.7 Å². The van der Waals surface area contributed by atoms with Crippen LogP contribution in [0.5, 0.6) is 0 Å². The van der Waals surface area contributed by atoms with Crippen molar-refractivity contribution in [1.82, 2.24) is 5.32 Å². The van der Waals surface area contributed by atoms with E-state index in [0.29, 0.717) is 12.5 Å². The fourth-order valence-corrected chi connectivity index (χ4v) is 3.26. The maximum atomic E-state index is 6.30. The van der Waals surface area contributed by atoms with E-state index in [4.69, 9.17) is 27.9 Å². The summed E-state index contributed by atoms with van der Waals surface area (Å²) in [5, 5.41) is 4.93. The fraction of sp³-hybridized carbons (Fsp3) is 0.500. The van der Waals surface area contributed by atoms with Gasteiger partial charge in [0.25, 0.3) is 0 Å². The Bertz CT molecular complexity index is 452. The van der Waals surface area contributed by atoms with Gasteiger partial charge in [0.2, 0.25) is 0 Å². The first kappa shape index (κ1) is 13.4. The van der Waals surface area contributed by atoms with Crippen LogP contribution in [0.3, 0.4) is 0 Å². The van der Waals surface area contributed by atoms with Crippen molar-refractivity contribution >= 4 is 35.6 Å². The summed E-state index contributed by atoms with van der Waals surface area (Å²) in [5.41, 5.74) is 2.09. The molecule has 5 heteroatoms. The van der Waals surface area contributed by atoms with Gasteiger partial charge in [-0.15, -0.1) is 12.4 Å². The molecule has 2 aliphatic heterocycles. The third-order valence-corrected chi connectivity index (χ3v) is 4.39. The van der Waals surface area contributed by atoms with Crippen LogP contribution in [0.25, 0.3) is 0 Å². The average molecular weight is 295 g/mol. The largest absolute Gasteiger partial charge is 0.369 e. The van der Waals surface area contributed by atoms with Crippen molar-refractivity contribution in [3.05, 3.63) is 33.3 Å². The van der Waals surface area contributed by atoms with Gasteiger partial charge in [0.15, 0.2) is 0 Å². The summed E-state index contributed by atoms with van der Waals surface area (Å²) in [6.45, 7) is 4.48. The molecular formula is C12H14Cl3NO. The van der Waals surface area contributed by atoms with E-state index in [-0.39, 0.29) is 18.0 Å². The van der Waals surface area contributed by atoms with Crippen molar-refractivity contribution in [3.8, 4) is 0 Å². The van der Waals surface area contributed by atoms with E-state index in [1.165, 1.54) is 5.56 Å². The molecule has 0 spiro atoms. The minimum atomic E-state index is -0.138. The molecule has 2 nitrogen and oxygen atoms in total. The summed E-state index contributed by atoms with van der Waals surface area (Å²) < 4.78 is 5.95. The highest BCUT2D eigenvalue weighted by atomic mass is 35.5. The van der Waals surface area contributed by atoms with E-state index in [9.17, 15) is 0 Å². The van der Waals surface area contributed by atoms with Gasteiger partial charge in [-0.25, -0.2) is 0 Å². The van der Waals surface area contributed by atoms with Crippen LogP contribution in [0.4, 0.5) is 0 Å². The molecule has 0 aromatic heterocycles. The van der Waals surface area contributed by atoms with E-state index < -0.39 is 0 Å². The molecule has 1 aromatic carbocycles. The number of ether oxygens (including phenoxy) is 1. The van der Waals surface area contributed by atoms with Gasteiger partial charge < -0.3 is 10.1 Å².